The number of carbonyl (C=O) groups excluding carboxylic acids is 1. The summed E-state index contributed by atoms with van der Waals surface area (Å²) in [4.78, 5) is 26.2. The Labute approximate surface area is 149 Å². The van der Waals surface area contributed by atoms with Gasteiger partial charge in [0.05, 0.1) is 23.8 Å². The molecule has 0 bridgehead atoms. The predicted molar refractivity (Wildman–Crippen MR) is 92.7 cm³/mol. The van der Waals surface area contributed by atoms with E-state index in [2.05, 4.69) is 21.0 Å². The van der Waals surface area contributed by atoms with Crippen LogP contribution in [0.25, 0.3) is 16.9 Å². The van der Waals surface area contributed by atoms with Crippen molar-refractivity contribution in [3.05, 3.63) is 42.4 Å². The number of hydrogen-bond acceptors (Lipinski definition) is 6. The maximum absolute atomic E-state index is 11.6. The van der Waals surface area contributed by atoms with Crippen LogP contribution in [0.5, 0.6) is 6.01 Å². The lowest BCUT2D eigenvalue weighted by Crippen LogP contribution is -2.29. The van der Waals surface area contributed by atoms with Crippen molar-refractivity contribution in [2.24, 2.45) is 0 Å². The lowest BCUT2D eigenvalue weighted by Gasteiger charge is -2.15. The van der Waals surface area contributed by atoms with E-state index in [1.165, 1.54) is 6.20 Å². The molecule has 3 heterocycles. The molecule has 0 radical (unpaired) electrons. The maximum atomic E-state index is 11.6. The third-order valence-electron chi connectivity index (χ3n) is 4.31. The van der Waals surface area contributed by atoms with E-state index in [0.29, 0.717) is 31.0 Å². The molecular weight excluding hydrogens is 332 g/mol. The van der Waals surface area contributed by atoms with Crippen LogP contribution in [0.15, 0.2) is 36.8 Å². The number of hydrogen-bond donors (Lipinski definition) is 0. The highest BCUT2D eigenvalue weighted by atomic mass is 16.5. The minimum absolute atomic E-state index is 0.153. The highest BCUT2D eigenvalue weighted by Gasteiger charge is 2.20. The molecule has 8 nitrogen and oxygen atoms in total. The largest absolute Gasteiger partial charge is 0.462 e. The molecular formula is C18H16N6O2. The van der Waals surface area contributed by atoms with E-state index in [4.69, 9.17) is 4.74 Å². The molecule has 4 rings (SSSR count). The van der Waals surface area contributed by atoms with E-state index in [-0.39, 0.29) is 11.9 Å². The molecule has 1 aliphatic heterocycles. The summed E-state index contributed by atoms with van der Waals surface area (Å²) in [6.45, 7) is 1.58. The van der Waals surface area contributed by atoms with E-state index >= 15 is 0 Å². The van der Waals surface area contributed by atoms with Gasteiger partial charge >= 0.3 is 6.01 Å². The Bertz CT molecular complexity index is 1010. The summed E-state index contributed by atoms with van der Waals surface area (Å²) in [7, 11) is 0. The van der Waals surface area contributed by atoms with Gasteiger partial charge in [-0.2, -0.15) is 10.2 Å². The van der Waals surface area contributed by atoms with Gasteiger partial charge < -0.3 is 9.64 Å². The first kappa shape index (κ1) is 16.0. The highest BCUT2D eigenvalue weighted by molar-refractivity contribution is 5.78. The van der Waals surface area contributed by atoms with Gasteiger partial charge in [0.15, 0.2) is 5.82 Å². The van der Waals surface area contributed by atoms with Crippen LogP contribution in [0.1, 0.15) is 18.4 Å². The average Bonchev–Trinajstić information content (AvgIpc) is 3.28. The van der Waals surface area contributed by atoms with Gasteiger partial charge in [-0.3, -0.25) is 9.36 Å². The summed E-state index contributed by atoms with van der Waals surface area (Å²) in [5.74, 6) is 0.573. The van der Waals surface area contributed by atoms with Gasteiger partial charge in [0.1, 0.15) is 24.6 Å². The van der Waals surface area contributed by atoms with Gasteiger partial charge in [-0.15, -0.1) is 0 Å². The van der Waals surface area contributed by atoms with Gasteiger partial charge in [0, 0.05) is 13.0 Å². The number of carbonyl (C=O) groups is 1. The molecule has 0 spiro atoms. The molecule has 1 aliphatic rings. The molecule has 8 heteroatoms. The summed E-state index contributed by atoms with van der Waals surface area (Å²) in [6.07, 6.45) is 4.56. The Morgan fingerprint density at radius 3 is 2.96 bits per heavy atom. The van der Waals surface area contributed by atoms with Crippen molar-refractivity contribution >= 4 is 16.9 Å². The number of para-hydroxylation sites is 2. The summed E-state index contributed by atoms with van der Waals surface area (Å²) >= 11 is 0. The van der Waals surface area contributed by atoms with Crippen molar-refractivity contribution in [3.63, 3.8) is 0 Å². The van der Waals surface area contributed by atoms with Gasteiger partial charge in [0.2, 0.25) is 5.91 Å². The van der Waals surface area contributed by atoms with E-state index in [0.717, 1.165) is 24.0 Å². The third-order valence-corrected chi connectivity index (χ3v) is 4.31. The zero-order valence-electron chi connectivity index (χ0n) is 14.0. The molecule has 130 valence electrons. The van der Waals surface area contributed by atoms with Gasteiger partial charge in [-0.1, -0.05) is 12.1 Å². The number of ether oxygens (including phenoxy) is 1. The topological polar surface area (TPSA) is 96.9 Å². The van der Waals surface area contributed by atoms with Crippen molar-refractivity contribution in [2.75, 3.05) is 19.7 Å². The SMILES string of the molecule is N#Cc1cnc(OCCN2CCCC2=O)nc1-n1cnc2ccccc21. The molecule has 1 saturated heterocycles. The third kappa shape index (κ3) is 2.95. The highest BCUT2D eigenvalue weighted by Crippen LogP contribution is 2.20. The van der Waals surface area contributed by atoms with Crippen molar-refractivity contribution in [3.8, 4) is 17.9 Å². The van der Waals surface area contributed by atoms with E-state index < -0.39 is 0 Å². The number of benzene rings is 1. The second-order valence-corrected chi connectivity index (χ2v) is 5.94. The summed E-state index contributed by atoms with van der Waals surface area (Å²) in [5, 5.41) is 9.38. The fourth-order valence-electron chi connectivity index (χ4n) is 3.00. The average molecular weight is 348 g/mol. The Kier molecular flexibility index (Phi) is 4.19. The molecule has 0 saturated carbocycles. The second kappa shape index (κ2) is 6.80. The number of rotatable bonds is 5. The number of nitrogens with zero attached hydrogens (tertiary/aromatic N) is 6. The minimum Gasteiger partial charge on any atom is -0.462 e. The van der Waals surface area contributed by atoms with Gasteiger partial charge in [0.25, 0.3) is 0 Å². The Morgan fingerprint density at radius 2 is 2.15 bits per heavy atom. The smallest absolute Gasteiger partial charge is 0.318 e. The number of aromatic nitrogens is 4. The maximum Gasteiger partial charge on any atom is 0.318 e. The van der Waals surface area contributed by atoms with E-state index in [1.807, 2.05) is 24.3 Å². The molecule has 0 aliphatic carbocycles. The zero-order chi connectivity index (χ0) is 17.9. The van der Waals surface area contributed by atoms with Crippen molar-refractivity contribution in [1.29, 1.82) is 5.26 Å². The van der Waals surface area contributed by atoms with Crippen molar-refractivity contribution in [2.45, 2.75) is 12.8 Å². The van der Waals surface area contributed by atoms with Crippen LogP contribution in [0.3, 0.4) is 0 Å². The van der Waals surface area contributed by atoms with Crippen LogP contribution in [-0.4, -0.2) is 50.0 Å². The van der Waals surface area contributed by atoms with Crippen LogP contribution in [0.2, 0.25) is 0 Å². The van der Waals surface area contributed by atoms with E-state index in [9.17, 15) is 10.1 Å². The zero-order valence-corrected chi connectivity index (χ0v) is 14.0. The molecule has 0 atom stereocenters. The monoisotopic (exact) mass is 348 g/mol. The molecule has 1 amide bonds. The second-order valence-electron chi connectivity index (χ2n) is 5.94. The predicted octanol–water partition coefficient (Wildman–Crippen LogP) is 1.69. The molecule has 1 fully saturated rings. The summed E-state index contributed by atoms with van der Waals surface area (Å²) in [6, 6.07) is 9.87. The molecule has 1 aromatic carbocycles. The Hall–Kier alpha value is -3.47. The van der Waals surface area contributed by atoms with Gasteiger partial charge in [-0.05, 0) is 18.6 Å². The number of nitriles is 1. The quantitative estimate of drug-likeness (QED) is 0.696. The van der Waals surface area contributed by atoms with Crippen LogP contribution in [0, 0.1) is 11.3 Å². The van der Waals surface area contributed by atoms with Gasteiger partial charge in [-0.25, -0.2) is 9.97 Å². The number of fused-ring (bicyclic) bond motifs is 1. The minimum atomic E-state index is 0.153. The summed E-state index contributed by atoms with van der Waals surface area (Å²) in [5.41, 5.74) is 1.98. The Morgan fingerprint density at radius 1 is 1.27 bits per heavy atom. The normalized spacial score (nSPS) is 14.0. The van der Waals surface area contributed by atoms with Crippen molar-refractivity contribution < 1.29 is 9.53 Å². The number of imidazole rings is 1. The molecule has 3 aromatic rings. The standard InChI is InChI=1S/C18H16N6O2/c19-10-13-11-20-18(26-9-8-23-7-3-6-16(23)25)22-17(13)24-12-21-14-4-1-2-5-15(14)24/h1-2,4-5,11-12H,3,6-9H2. The first-order chi connectivity index (χ1) is 12.8. The Balaban J connectivity index is 1.58. The number of amides is 1. The first-order valence-electron chi connectivity index (χ1n) is 8.36. The molecule has 0 N–H and O–H groups in total. The lowest BCUT2D eigenvalue weighted by atomic mass is 10.3. The first-order valence-corrected chi connectivity index (χ1v) is 8.36. The number of likely N-dealkylation sites (tertiary alicyclic amines) is 1. The van der Waals surface area contributed by atoms with Crippen molar-refractivity contribution in [1.82, 2.24) is 24.4 Å². The molecule has 26 heavy (non-hydrogen) atoms. The molecule has 0 unspecified atom stereocenters. The van der Waals surface area contributed by atoms with Crippen LogP contribution < -0.4 is 4.74 Å². The lowest BCUT2D eigenvalue weighted by molar-refractivity contribution is -0.128. The van der Waals surface area contributed by atoms with E-state index in [1.54, 1.807) is 15.8 Å². The van der Waals surface area contributed by atoms with Crippen LogP contribution >= 0.6 is 0 Å². The summed E-state index contributed by atoms with van der Waals surface area (Å²) < 4.78 is 7.35. The molecule has 2 aromatic heterocycles. The fourth-order valence-corrected chi connectivity index (χ4v) is 3.00. The van der Waals surface area contributed by atoms with Crippen LogP contribution in [0.4, 0.5) is 0 Å². The fraction of sp³-hybridized carbons (Fsp3) is 0.278. The van der Waals surface area contributed by atoms with Crippen LogP contribution in [-0.2, 0) is 4.79 Å².